The number of halogens is 2. The highest BCUT2D eigenvalue weighted by Crippen LogP contribution is 2.47. The molecule has 8 heteroatoms. The molecule has 2 saturated heterocycles. The number of amides is 2. The summed E-state index contributed by atoms with van der Waals surface area (Å²) in [5.41, 5.74) is 0.737. The average molecular weight is 440 g/mol. The van der Waals surface area contributed by atoms with E-state index in [2.05, 4.69) is 5.10 Å². The lowest BCUT2D eigenvalue weighted by molar-refractivity contribution is -0.123. The third kappa shape index (κ3) is 2.71. The van der Waals surface area contributed by atoms with Gasteiger partial charge < -0.3 is 0 Å². The zero-order valence-electron chi connectivity index (χ0n) is 15.5. The van der Waals surface area contributed by atoms with Gasteiger partial charge in [-0.3, -0.25) is 19.4 Å². The van der Waals surface area contributed by atoms with E-state index in [1.54, 1.807) is 59.8 Å². The van der Waals surface area contributed by atoms with Gasteiger partial charge in [-0.2, -0.15) is 5.10 Å². The van der Waals surface area contributed by atoms with E-state index < -0.39 is 35.7 Å². The molecule has 0 N–H and O–H groups in total. The Kier molecular flexibility index (Phi) is 4.49. The van der Waals surface area contributed by atoms with Crippen molar-refractivity contribution >= 4 is 52.7 Å². The summed E-state index contributed by atoms with van der Waals surface area (Å²) in [6, 6.07) is 12.0. The van der Waals surface area contributed by atoms with E-state index in [1.807, 2.05) is 6.07 Å². The number of imide groups is 1. The number of hydrogen-bond acceptors (Lipinski definition) is 5. The number of Topliss-reactive ketones (excluding diaryl/α,β-unsaturated/α-hetero) is 1. The van der Waals surface area contributed by atoms with Crippen LogP contribution >= 0.6 is 23.2 Å². The Hall–Kier alpha value is -2.96. The number of hydrazone groups is 1. The van der Waals surface area contributed by atoms with Crippen LogP contribution in [0.15, 0.2) is 65.8 Å². The average Bonchev–Trinajstić information content (AvgIpc) is 3.22. The normalized spacial score (nSPS) is 26.9. The Morgan fingerprint density at radius 3 is 2.43 bits per heavy atom. The highest BCUT2D eigenvalue weighted by Gasteiger charge is 2.64. The molecule has 3 aliphatic heterocycles. The molecule has 4 atom stereocenters. The second-order valence-electron chi connectivity index (χ2n) is 7.35. The van der Waals surface area contributed by atoms with Crippen molar-refractivity contribution in [1.29, 1.82) is 0 Å². The zero-order chi connectivity index (χ0) is 21.0. The lowest BCUT2D eigenvalue weighted by atomic mass is 9.86. The standard InChI is InChI=1S/C22H15Cl2N3O3/c23-13-8-9-15(14(24)11-13)26-21(29)17-16-7-4-10-25-27(16)19(18(17)22(26)30)20(28)12-5-2-1-3-6-12/h1-11,16-19H/t16-,17+,18+,19-/m1/s1. The number of carbonyl (C=O) groups excluding carboxylic acids is 3. The minimum Gasteiger partial charge on any atom is -0.292 e. The van der Waals surface area contributed by atoms with Crippen LogP contribution < -0.4 is 4.90 Å². The molecule has 0 spiro atoms. The van der Waals surface area contributed by atoms with Gasteiger partial charge >= 0.3 is 0 Å². The fourth-order valence-corrected chi connectivity index (χ4v) is 5.00. The number of carbonyl (C=O) groups is 3. The molecule has 0 aliphatic carbocycles. The minimum absolute atomic E-state index is 0.198. The second-order valence-corrected chi connectivity index (χ2v) is 8.20. The molecule has 0 unspecified atom stereocenters. The quantitative estimate of drug-likeness (QED) is 0.541. The summed E-state index contributed by atoms with van der Waals surface area (Å²) in [6.07, 6.45) is 5.09. The third-order valence-corrected chi connectivity index (χ3v) is 6.31. The lowest BCUT2D eigenvalue weighted by Gasteiger charge is -2.30. The van der Waals surface area contributed by atoms with Crippen LogP contribution in [0.25, 0.3) is 0 Å². The van der Waals surface area contributed by atoms with Crippen LogP contribution in [0.4, 0.5) is 5.69 Å². The summed E-state index contributed by atoms with van der Waals surface area (Å²) in [6.45, 7) is 0. The number of nitrogens with zero attached hydrogens (tertiary/aromatic N) is 3. The molecule has 30 heavy (non-hydrogen) atoms. The van der Waals surface area contributed by atoms with Gasteiger partial charge in [0.25, 0.3) is 0 Å². The molecule has 0 saturated carbocycles. The molecule has 6 nitrogen and oxygen atoms in total. The molecule has 5 rings (SSSR count). The van der Waals surface area contributed by atoms with E-state index >= 15 is 0 Å². The van der Waals surface area contributed by atoms with Crippen molar-refractivity contribution in [3.63, 3.8) is 0 Å². The Balaban J connectivity index is 1.60. The highest BCUT2D eigenvalue weighted by molar-refractivity contribution is 6.38. The van der Waals surface area contributed by atoms with Gasteiger partial charge in [-0.1, -0.05) is 59.6 Å². The van der Waals surface area contributed by atoms with E-state index in [0.717, 1.165) is 4.90 Å². The van der Waals surface area contributed by atoms with Crippen LogP contribution in [0.3, 0.4) is 0 Å². The van der Waals surface area contributed by atoms with Gasteiger partial charge in [-0.05, 0) is 24.3 Å². The molecule has 2 aromatic rings. The molecule has 3 heterocycles. The Morgan fingerprint density at radius 1 is 0.967 bits per heavy atom. The summed E-state index contributed by atoms with van der Waals surface area (Å²) in [5.74, 6) is -2.68. The van der Waals surface area contributed by atoms with Crippen molar-refractivity contribution in [2.24, 2.45) is 16.9 Å². The number of hydrogen-bond donors (Lipinski definition) is 0. The van der Waals surface area contributed by atoms with Crippen molar-refractivity contribution in [1.82, 2.24) is 5.01 Å². The molecule has 2 amide bonds. The fraction of sp³-hybridized carbons (Fsp3) is 0.182. The van der Waals surface area contributed by atoms with Crippen molar-refractivity contribution in [2.45, 2.75) is 12.1 Å². The number of rotatable bonds is 3. The molecule has 150 valence electrons. The number of ketones is 1. The van der Waals surface area contributed by atoms with Gasteiger partial charge in [-0.25, -0.2) is 4.90 Å². The van der Waals surface area contributed by atoms with Gasteiger partial charge in [0.15, 0.2) is 5.78 Å². The minimum atomic E-state index is -0.879. The molecular weight excluding hydrogens is 425 g/mol. The highest BCUT2D eigenvalue weighted by atomic mass is 35.5. The monoisotopic (exact) mass is 439 g/mol. The van der Waals surface area contributed by atoms with Gasteiger partial charge in [0.1, 0.15) is 6.04 Å². The molecule has 0 bridgehead atoms. The van der Waals surface area contributed by atoms with Crippen molar-refractivity contribution in [3.05, 3.63) is 76.3 Å². The predicted molar refractivity (Wildman–Crippen MR) is 114 cm³/mol. The first-order valence-corrected chi connectivity index (χ1v) is 10.2. The molecule has 2 aromatic carbocycles. The van der Waals surface area contributed by atoms with Crippen molar-refractivity contribution in [3.8, 4) is 0 Å². The largest absolute Gasteiger partial charge is 0.292 e. The van der Waals surface area contributed by atoms with E-state index in [4.69, 9.17) is 23.2 Å². The van der Waals surface area contributed by atoms with Crippen LogP contribution in [0.2, 0.25) is 10.0 Å². The summed E-state index contributed by atoms with van der Waals surface area (Å²) in [7, 11) is 0. The first-order valence-electron chi connectivity index (χ1n) is 9.40. The summed E-state index contributed by atoms with van der Waals surface area (Å²) in [4.78, 5) is 41.3. The van der Waals surface area contributed by atoms with Gasteiger partial charge in [-0.15, -0.1) is 0 Å². The van der Waals surface area contributed by atoms with Crippen LogP contribution in [0.5, 0.6) is 0 Å². The lowest BCUT2D eigenvalue weighted by Crippen LogP contribution is -2.46. The smallest absolute Gasteiger partial charge is 0.240 e. The first kappa shape index (κ1) is 19.0. The second kappa shape index (κ2) is 7.07. The molecule has 2 fully saturated rings. The van der Waals surface area contributed by atoms with Crippen LogP contribution in [0.1, 0.15) is 10.4 Å². The maximum Gasteiger partial charge on any atom is 0.240 e. The predicted octanol–water partition coefficient (Wildman–Crippen LogP) is 3.59. The maximum absolute atomic E-state index is 13.5. The fourth-order valence-electron chi connectivity index (χ4n) is 4.51. The van der Waals surface area contributed by atoms with E-state index in [1.165, 1.54) is 6.07 Å². The summed E-state index contributed by atoms with van der Waals surface area (Å²) < 4.78 is 0. The van der Waals surface area contributed by atoms with E-state index in [0.29, 0.717) is 10.6 Å². The van der Waals surface area contributed by atoms with E-state index in [9.17, 15) is 14.4 Å². The SMILES string of the molecule is O=C(c1ccccc1)[C@H]1[C@H]2C(=O)N(c3ccc(Cl)cc3Cl)C(=O)[C@H]2[C@H]2C=CC=NN21. The zero-order valence-corrected chi connectivity index (χ0v) is 17.0. The number of fused-ring (bicyclic) bond motifs is 3. The molecule has 3 aliphatic rings. The van der Waals surface area contributed by atoms with Crippen LogP contribution in [-0.4, -0.2) is 40.9 Å². The number of benzene rings is 2. The third-order valence-electron chi connectivity index (χ3n) is 5.77. The van der Waals surface area contributed by atoms with Crippen molar-refractivity contribution < 1.29 is 14.4 Å². The molecule has 0 aromatic heterocycles. The van der Waals surface area contributed by atoms with Gasteiger partial charge in [0, 0.05) is 16.8 Å². The first-order chi connectivity index (χ1) is 14.5. The number of allylic oxidation sites excluding steroid dienone is 1. The molecular formula is C22H15Cl2N3O3. The number of anilines is 1. The summed E-state index contributed by atoms with van der Waals surface area (Å²) in [5, 5.41) is 6.51. The van der Waals surface area contributed by atoms with Gasteiger partial charge in [0.05, 0.1) is 28.6 Å². The van der Waals surface area contributed by atoms with Crippen LogP contribution in [-0.2, 0) is 9.59 Å². The Bertz CT molecular complexity index is 1130. The Labute approximate surface area is 182 Å². The van der Waals surface area contributed by atoms with Crippen molar-refractivity contribution in [2.75, 3.05) is 4.90 Å². The topological polar surface area (TPSA) is 70.0 Å². The Morgan fingerprint density at radius 2 is 1.70 bits per heavy atom. The molecule has 0 radical (unpaired) electrons. The summed E-state index contributed by atoms with van der Waals surface area (Å²) >= 11 is 12.3. The van der Waals surface area contributed by atoms with Crippen LogP contribution in [0, 0.1) is 11.8 Å². The maximum atomic E-state index is 13.5. The van der Waals surface area contributed by atoms with Gasteiger partial charge in [0.2, 0.25) is 11.8 Å². The van der Waals surface area contributed by atoms with E-state index in [-0.39, 0.29) is 16.5 Å².